The van der Waals surface area contributed by atoms with Crippen LogP contribution in [0.15, 0.2) is 0 Å². The second-order valence-electron chi connectivity index (χ2n) is 5.61. The van der Waals surface area contributed by atoms with Gasteiger partial charge in [0.25, 0.3) is 0 Å². The van der Waals surface area contributed by atoms with E-state index in [4.69, 9.17) is 14.6 Å². The highest BCUT2D eigenvalue weighted by molar-refractivity contribution is 5.73. The number of carboxylic acids is 1. The Bertz CT molecular complexity index is 323. The second-order valence-corrected chi connectivity index (χ2v) is 5.61. The molecule has 6 heteroatoms. The molecule has 1 saturated heterocycles. The lowest BCUT2D eigenvalue weighted by Crippen LogP contribution is -2.37. The molecule has 0 saturated carbocycles. The molecule has 1 fully saturated rings. The summed E-state index contributed by atoms with van der Waals surface area (Å²) in [6.45, 7) is 7.43. The summed E-state index contributed by atoms with van der Waals surface area (Å²) >= 11 is 0. The van der Waals surface area contributed by atoms with Gasteiger partial charge in [-0.25, -0.2) is 9.59 Å². The molecule has 0 aromatic heterocycles. The van der Waals surface area contributed by atoms with Gasteiger partial charge >= 0.3 is 12.1 Å². The summed E-state index contributed by atoms with van der Waals surface area (Å²) in [6, 6.07) is 0. The molecule has 18 heavy (non-hydrogen) atoms. The molecule has 1 aliphatic rings. The fourth-order valence-corrected chi connectivity index (χ4v) is 1.88. The maximum atomic E-state index is 11.4. The molecule has 2 N–H and O–H groups in total. The smallest absolute Gasteiger partial charge is 0.407 e. The number of ether oxygens (including phenoxy) is 2. The van der Waals surface area contributed by atoms with Gasteiger partial charge in [-0.3, -0.25) is 0 Å². The standard InChI is InChI=1S/C12H21NO5/c1-7-5-8(17-9(7)10(14)15)6-13-11(16)18-12(2,3)4/h7-9H,5-6H2,1-4H3,(H,13,16)(H,14,15)/t7-,8-,9-/m1/s1. The summed E-state index contributed by atoms with van der Waals surface area (Å²) in [4.78, 5) is 22.3. The average Bonchev–Trinajstić information content (AvgIpc) is 2.54. The molecule has 0 unspecified atom stereocenters. The van der Waals surface area contributed by atoms with E-state index in [1.807, 2.05) is 6.92 Å². The zero-order valence-electron chi connectivity index (χ0n) is 11.2. The van der Waals surface area contributed by atoms with Crippen LogP contribution in [0.4, 0.5) is 4.79 Å². The number of carbonyl (C=O) groups excluding carboxylic acids is 1. The average molecular weight is 259 g/mol. The first-order valence-electron chi connectivity index (χ1n) is 6.04. The van der Waals surface area contributed by atoms with Crippen molar-refractivity contribution in [3.8, 4) is 0 Å². The molecule has 1 rings (SSSR count). The van der Waals surface area contributed by atoms with Gasteiger partial charge in [-0.15, -0.1) is 0 Å². The number of hydrogen-bond acceptors (Lipinski definition) is 4. The van der Waals surface area contributed by atoms with E-state index >= 15 is 0 Å². The topological polar surface area (TPSA) is 84.9 Å². The van der Waals surface area contributed by atoms with Crippen LogP contribution in [0.3, 0.4) is 0 Å². The van der Waals surface area contributed by atoms with Crippen molar-refractivity contribution in [3.63, 3.8) is 0 Å². The van der Waals surface area contributed by atoms with Crippen molar-refractivity contribution in [2.24, 2.45) is 5.92 Å². The van der Waals surface area contributed by atoms with E-state index in [0.29, 0.717) is 6.42 Å². The summed E-state index contributed by atoms with van der Waals surface area (Å²) in [5, 5.41) is 11.5. The van der Waals surface area contributed by atoms with Gasteiger partial charge < -0.3 is 19.9 Å². The van der Waals surface area contributed by atoms with Crippen LogP contribution in [-0.2, 0) is 14.3 Å². The Morgan fingerprint density at radius 3 is 2.50 bits per heavy atom. The first-order chi connectivity index (χ1) is 8.19. The van der Waals surface area contributed by atoms with Gasteiger partial charge in [-0.05, 0) is 33.1 Å². The van der Waals surface area contributed by atoms with E-state index in [-0.39, 0.29) is 18.6 Å². The second kappa shape index (κ2) is 5.56. The minimum Gasteiger partial charge on any atom is -0.479 e. The maximum absolute atomic E-state index is 11.4. The number of alkyl carbamates (subject to hydrolysis) is 1. The molecule has 3 atom stereocenters. The first kappa shape index (κ1) is 14.8. The predicted octanol–water partition coefficient (Wildman–Crippen LogP) is 1.39. The molecule has 0 aliphatic carbocycles. The molecule has 104 valence electrons. The minimum absolute atomic E-state index is 0.0482. The van der Waals surface area contributed by atoms with Crippen LogP contribution in [0, 0.1) is 5.92 Å². The van der Waals surface area contributed by atoms with Crippen molar-refractivity contribution in [1.29, 1.82) is 0 Å². The first-order valence-corrected chi connectivity index (χ1v) is 6.04. The molecule has 0 aromatic rings. The van der Waals surface area contributed by atoms with E-state index in [2.05, 4.69) is 5.32 Å². The van der Waals surface area contributed by atoms with Crippen molar-refractivity contribution in [1.82, 2.24) is 5.32 Å². The van der Waals surface area contributed by atoms with Gasteiger partial charge in [-0.2, -0.15) is 0 Å². The van der Waals surface area contributed by atoms with Gasteiger partial charge in [0.15, 0.2) is 6.10 Å². The number of aliphatic carboxylic acids is 1. The third-order valence-corrected chi connectivity index (χ3v) is 2.61. The van der Waals surface area contributed by atoms with Crippen molar-refractivity contribution in [2.75, 3.05) is 6.54 Å². The summed E-state index contributed by atoms with van der Waals surface area (Å²) in [7, 11) is 0. The minimum atomic E-state index is -0.956. The van der Waals surface area contributed by atoms with Crippen molar-refractivity contribution in [2.45, 2.75) is 51.9 Å². The van der Waals surface area contributed by atoms with Gasteiger partial charge in [0, 0.05) is 6.54 Å². The molecule has 0 bridgehead atoms. The van der Waals surface area contributed by atoms with Gasteiger partial charge in [0.1, 0.15) is 5.60 Å². The Balaban J connectivity index is 2.33. The summed E-state index contributed by atoms with van der Waals surface area (Å²) < 4.78 is 10.4. The van der Waals surface area contributed by atoms with E-state index in [1.54, 1.807) is 20.8 Å². The van der Waals surface area contributed by atoms with E-state index in [0.717, 1.165) is 0 Å². The zero-order valence-corrected chi connectivity index (χ0v) is 11.2. The van der Waals surface area contributed by atoms with Gasteiger partial charge in [-0.1, -0.05) is 6.92 Å². The third-order valence-electron chi connectivity index (χ3n) is 2.61. The molecule has 0 aromatic carbocycles. The SMILES string of the molecule is C[C@@H]1C[C@H](CNC(=O)OC(C)(C)C)O[C@H]1C(=O)O. The molecule has 0 spiro atoms. The van der Waals surface area contributed by atoms with Crippen LogP contribution in [0.5, 0.6) is 0 Å². The van der Waals surface area contributed by atoms with Crippen LogP contribution in [-0.4, -0.2) is 41.5 Å². The predicted molar refractivity (Wildman–Crippen MR) is 64.3 cm³/mol. The molecule has 1 amide bonds. The number of carboxylic acid groups (broad SMARTS) is 1. The highest BCUT2D eigenvalue weighted by Gasteiger charge is 2.37. The monoisotopic (exact) mass is 259 g/mol. The molecule has 0 radical (unpaired) electrons. The highest BCUT2D eigenvalue weighted by Crippen LogP contribution is 2.25. The number of amides is 1. The van der Waals surface area contributed by atoms with Crippen LogP contribution in [0.1, 0.15) is 34.1 Å². The fraction of sp³-hybridized carbons (Fsp3) is 0.833. The van der Waals surface area contributed by atoms with Crippen LogP contribution >= 0.6 is 0 Å². The van der Waals surface area contributed by atoms with Gasteiger partial charge in [0.2, 0.25) is 0 Å². The normalized spacial score (nSPS) is 27.9. The molecular formula is C12H21NO5. The highest BCUT2D eigenvalue weighted by atomic mass is 16.6. The number of nitrogens with one attached hydrogen (secondary N) is 1. The molecule has 6 nitrogen and oxygen atoms in total. The molecular weight excluding hydrogens is 238 g/mol. The lowest BCUT2D eigenvalue weighted by Gasteiger charge is -2.20. The fourth-order valence-electron chi connectivity index (χ4n) is 1.88. The Hall–Kier alpha value is -1.30. The van der Waals surface area contributed by atoms with Crippen LogP contribution < -0.4 is 5.32 Å². The van der Waals surface area contributed by atoms with E-state index < -0.39 is 23.8 Å². The Labute approximate surface area is 107 Å². The largest absolute Gasteiger partial charge is 0.479 e. The Morgan fingerprint density at radius 1 is 1.44 bits per heavy atom. The van der Waals surface area contributed by atoms with Gasteiger partial charge in [0.05, 0.1) is 6.10 Å². The summed E-state index contributed by atoms with van der Waals surface area (Å²) in [5.41, 5.74) is -0.544. The number of carbonyl (C=O) groups is 2. The molecule has 1 aliphatic heterocycles. The lowest BCUT2D eigenvalue weighted by atomic mass is 10.0. The van der Waals surface area contributed by atoms with Crippen molar-refractivity contribution >= 4 is 12.1 Å². The Morgan fingerprint density at radius 2 is 2.06 bits per heavy atom. The van der Waals surface area contributed by atoms with Crippen LogP contribution in [0.2, 0.25) is 0 Å². The van der Waals surface area contributed by atoms with Crippen molar-refractivity contribution < 1.29 is 24.2 Å². The lowest BCUT2D eigenvalue weighted by molar-refractivity contribution is -0.150. The van der Waals surface area contributed by atoms with E-state index in [9.17, 15) is 9.59 Å². The molecule has 1 heterocycles. The summed E-state index contributed by atoms with van der Waals surface area (Å²) in [6.07, 6.45) is -0.950. The van der Waals surface area contributed by atoms with Crippen molar-refractivity contribution in [3.05, 3.63) is 0 Å². The Kier molecular flexibility index (Phi) is 4.56. The maximum Gasteiger partial charge on any atom is 0.407 e. The quantitative estimate of drug-likeness (QED) is 0.800. The number of hydrogen-bond donors (Lipinski definition) is 2. The van der Waals surface area contributed by atoms with Crippen LogP contribution in [0.25, 0.3) is 0 Å². The van der Waals surface area contributed by atoms with E-state index in [1.165, 1.54) is 0 Å². The summed E-state index contributed by atoms with van der Waals surface area (Å²) in [5.74, 6) is -1.00. The third kappa shape index (κ3) is 4.52. The number of rotatable bonds is 3. The zero-order chi connectivity index (χ0) is 13.9.